The second-order valence-corrected chi connectivity index (χ2v) is 6.08. The number of ether oxygens (including phenoxy) is 1. The molecule has 0 radical (unpaired) electrons. The number of aliphatic carboxylic acids is 1. The molecule has 6 nitrogen and oxygen atoms in total. The van der Waals surface area contributed by atoms with Crippen LogP contribution in [0.15, 0.2) is 0 Å². The van der Waals surface area contributed by atoms with Crippen molar-refractivity contribution in [2.45, 2.75) is 37.7 Å². The van der Waals surface area contributed by atoms with Gasteiger partial charge in [0.2, 0.25) is 5.91 Å². The summed E-state index contributed by atoms with van der Waals surface area (Å²) in [6.45, 7) is 1.33. The Morgan fingerprint density at radius 1 is 1.25 bits per heavy atom. The predicted molar refractivity (Wildman–Crippen MR) is 71.1 cm³/mol. The molecule has 0 aromatic rings. The van der Waals surface area contributed by atoms with Crippen molar-refractivity contribution in [3.05, 3.63) is 0 Å². The number of aliphatic hydroxyl groups is 1. The average molecular weight is 285 g/mol. The Labute approximate surface area is 118 Å². The van der Waals surface area contributed by atoms with Crippen molar-refractivity contribution in [2.24, 2.45) is 11.8 Å². The highest BCUT2D eigenvalue weighted by molar-refractivity contribution is 5.80. The van der Waals surface area contributed by atoms with Crippen molar-refractivity contribution in [3.8, 4) is 0 Å². The molecule has 0 aromatic heterocycles. The van der Waals surface area contributed by atoms with E-state index in [4.69, 9.17) is 9.84 Å². The summed E-state index contributed by atoms with van der Waals surface area (Å²) in [6.07, 6.45) is 2.68. The van der Waals surface area contributed by atoms with Crippen molar-refractivity contribution >= 4 is 11.9 Å². The number of amides is 1. The lowest BCUT2D eigenvalue weighted by Crippen LogP contribution is -2.48. The molecular formula is C14H23NO5. The third-order valence-corrected chi connectivity index (χ3v) is 4.46. The lowest BCUT2D eigenvalue weighted by atomic mass is 9.93. The molecule has 2 N–H and O–H groups in total. The predicted octanol–water partition coefficient (Wildman–Crippen LogP) is 0.487. The summed E-state index contributed by atoms with van der Waals surface area (Å²) in [5, 5.41) is 19.4. The van der Waals surface area contributed by atoms with E-state index in [1.54, 1.807) is 11.9 Å². The summed E-state index contributed by atoms with van der Waals surface area (Å²) in [5.74, 6) is -1.48. The first-order valence-corrected chi connectivity index (χ1v) is 7.19. The van der Waals surface area contributed by atoms with Crippen molar-refractivity contribution in [2.75, 3.05) is 26.8 Å². The number of nitrogens with zero attached hydrogens (tertiary/aromatic N) is 1. The maximum atomic E-state index is 12.3. The van der Waals surface area contributed by atoms with Gasteiger partial charge in [0.1, 0.15) is 0 Å². The summed E-state index contributed by atoms with van der Waals surface area (Å²) < 4.78 is 5.22. The van der Waals surface area contributed by atoms with Crippen LogP contribution in [0.3, 0.4) is 0 Å². The minimum Gasteiger partial charge on any atom is -0.481 e. The maximum absolute atomic E-state index is 12.3. The van der Waals surface area contributed by atoms with Crippen LogP contribution in [0.25, 0.3) is 0 Å². The molecule has 1 amide bonds. The molecule has 114 valence electrons. The van der Waals surface area contributed by atoms with E-state index in [2.05, 4.69) is 0 Å². The van der Waals surface area contributed by atoms with Gasteiger partial charge in [-0.15, -0.1) is 0 Å². The second-order valence-electron chi connectivity index (χ2n) is 6.08. The molecule has 1 aliphatic heterocycles. The first-order valence-electron chi connectivity index (χ1n) is 7.19. The summed E-state index contributed by atoms with van der Waals surface area (Å²) in [6, 6.07) is 0. The van der Waals surface area contributed by atoms with Crippen molar-refractivity contribution in [1.29, 1.82) is 0 Å². The summed E-state index contributed by atoms with van der Waals surface area (Å²) in [5.41, 5.74) is -0.868. The molecule has 0 aromatic carbocycles. The van der Waals surface area contributed by atoms with Crippen LogP contribution in [0.1, 0.15) is 32.1 Å². The van der Waals surface area contributed by atoms with Gasteiger partial charge in [-0.3, -0.25) is 9.59 Å². The Kier molecular flexibility index (Phi) is 4.65. The molecule has 0 spiro atoms. The zero-order valence-corrected chi connectivity index (χ0v) is 11.9. The minimum atomic E-state index is -0.868. The van der Waals surface area contributed by atoms with Crippen LogP contribution in [0.2, 0.25) is 0 Å². The van der Waals surface area contributed by atoms with Gasteiger partial charge < -0.3 is 19.8 Å². The lowest BCUT2D eigenvalue weighted by molar-refractivity contribution is -0.142. The summed E-state index contributed by atoms with van der Waals surface area (Å²) >= 11 is 0. The Hall–Kier alpha value is -1.14. The monoisotopic (exact) mass is 285 g/mol. The Morgan fingerprint density at radius 2 is 1.85 bits per heavy atom. The third kappa shape index (κ3) is 3.49. The fourth-order valence-electron chi connectivity index (χ4n) is 3.17. The molecule has 2 fully saturated rings. The topological polar surface area (TPSA) is 87.1 Å². The van der Waals surface area contributed by atoms with Gasteiger partial charge in [-0.1, -0.05) is 0 Å². The van der Waals surface area contributed by atoms with Gasteiger partial charge in [0, 0.05) is 45.6 Å². The SMILES string of the molecule is CN(CC1(O)CCOCC1)C(=O)C1CCC(C(=O)O)C1. The zero-order valence-electron chi connectivity index (χ0n) is 11.9. The van der Waals surface area contributed by atoms with Crippen molar-refractivity contribution in [3.63, 3.8) is 0 Å². The Morgan fingerprint density at radius 3 is 2.40 bits per heavy atom. The molecule has 2 aliphatic rings. The smallest absolute Gasteiger partial charge is 0.306 e. The molecule has 2 rings (SSSR count). The molecule has 0 bridgehead atoms. The lowest BCUT2D eigenvalue weighted by Gasteiger charge is -2.36. The number of carboxylic acid groups (broad SMARTS) is 1. The normalized spacial score (nSPS) is 29.1. The van der Waals surface area contributed by atoms with Gasteiger partial charge in [-0.05, 0) is 19.3 Å². The maximum Gasteiger partial charge on any atom is 0.306 e. The average Bonchev–Trinajstić information content (AvgIpc) is 2.87. The molecule has 2 unspecified atom stereocenters. The fourth-order valence-corrected chi connectivity index (χ4v) is 3.17. The van der Waals surface area contributed by atoms with Gasteiger partial charge in [0.25, 0.3) is 0 Å². The van der Waals surface area contributed by atoms with Crippen LogP contribution in [0.4, 0.5) is 0 Å². The molecule has 1 heterocycles. The van der Waals surface area contributed by atoms with E-state index in [-0.39, 0.29) is 11.8 Å². The number of carbonyl (C=O) groups excluding carboxylic acids is 1. The largest absolute Gasteiger partial charge is 0.481 e. The van der Waals surface area contributed by atoms with Crippen molar-refractivity contribution in [1.82, 2.24) is 4.90 Å². The van der Waals surface area contributed by atoms with Gasteiger partial charge in [-0.25, -0.2) is 0 Å². The highest BCUT2D eigenvalue weighted by Gasteiger charge is 2.38. The molecule has 2 atom stereocenters. The third-order valence-electron chi connectivity index (χ3n) is 4.46. The highest BCUT2D eigenvalue weighted by atomic mass is 16.5. The van der Waals surface area contributed by atoms with Gasteiger partial charge in [0.15, 0.2) is 0 Å². The van der Waals surface area contributed by atoms with Crippen LogP contribution in [0, 0.1) is 11.8 Å². The highest BCUT2D eigenvalue weighted by Crippen LogP contribution is 2.32. The Balaban J connectivity index is 1.87. The first-order chi connectivity index (χ1) is 9.41. The summed E-state index contributed by atoms with van der Waals surface area (Å²) in [4.78, 5) is 24.8. The Bertz CT molecular complexity index is 378. The van der Waals surface area contributed by atoms with Crippen LogP contribution in [0.5, 0.6) is 0 Å². The molecule has 20 heavy (non-hydrogen) atoms. The number of carboxylic acids is 1. The van der Waals surface area contributed by atoms with Crippen LogP contribution >= 0.6 is 0 Å². The van der Waals surface area contributed by atoms with Gasteiger partial charge >= 0.3 is 5.97 Å². The second kappa shape index (κ2) is 6.10. The van der Waals surface area contributed by atoms with E-state index in [0.717, 1.165) is 0 Å². The number of hydrogen-bond donors (Lipinski definition) is 2. The zero-order chi connectivity index (χ0) is 14.8. The molecule has 1 aliphatic carbocycles. The van der Waals surface area contributed by atoms with Crippen molar-refractivity contribution < 1.29 is 24.5 Å². The minimum absolute atomic E-state index is 0.0475. The molecular weight excluding hydrogens is 262 g/mol. The quantitative estimate of drug-likeness (QED) is 0.785. The summed E-state index contributed by atoms with van der Waals surface area (Å²) in [7, 11) is 1.68. The molecule has 1 saturated heterocycles. The fraction of sp³-hybridized carbons (Fsp3) is 0.857. The molecule has 1 saturated carbocycles. The van der Waals surface area contributed by atoms with E-state index in [0.29, 0.717) is 51.9 Å². The van der Waals surface area contributed by atoms with Crippen LogP contribution in [-0.2, 0) is 14.3 Å². The first kappa shape index (κ1) is 15.3. The number of hydrogen-bond acceptors (Lipinski definition) is 4. The molecule has 6 heteroatoms. The van der Waals surface area contributed by atoms with Crippen LogP contribution in [-0.4, -0.2) is 59.4 Å². The van der Waals surface area contributed by atoms with Gasteiger partial charge in [-0.2, -0.15) is 0 Å². The number of carbonyl (C=O) groups is 2. The van der Waals surface area contributed by atoms with E-state index in [9.17, 15) is 14.7 Å². The standard InChI is InChI=1S/C14H23NO5/c1-15(9-14(19)4-6-20-7-5-14)12(16)10-2-3-11(8-10)13(17)18/h10-11,19H,2-9H2,1H3,(H,17,18). The van der Waals surface area contributed by atoms with Gasteiger partial charge in [0.05, 0.1) is 11.5 Å². The number of rotatable bonds is 4. The van der Waals surface area contributed by atoms with E-state index in [1.807, 2.05) is 0 Å². The van der Waals surface area contributed by atoms with E-state index < -0.39 is 17.5 Å². The van der Waals surface area contributed by atoms with Crippen LogP contribution < -0.4 is 0 Å². The van der Waals surface area contributed by atoms with E-state index >= 15 is 0 Å². The van der Waals surface area contributed by atoms with E-state index in [1.165, 1.54) is 0 Å². The number of likely N-dealkylation sites (N-methyl/N-ethyl adjacent to an activating group) is 1.